The van der Waals surface area contributed by atoms with Gasteiger partial charge in [0.1, 0.15) is 0 Å². The van der Waals surface area contributed by atoms with Crippen molar-refractivity contribution < 1.29 is 13.2 Å². The molecule has 0 aliphatic carbocycles. The molecule has 16 heavy (non-hydrogen) atoms. The van der Waals surface area contributed by atoms with Gasteiger partial charge in [0.15, 0.2) is 0 Å². The molecule has 0 saturated carbocycles. The molecule has 0 aromatic carbocycles. The minimum atomic E-state index is -3.12. The number of hydrogen-bond acceptors (Lipinski definition) is 4. The molecule has 2 aliphatic rings. The van der Waals surface area contributed by atoms with Crippen LogP contribution < -0.4 is 10.0 Å². The Bertz CT molecular complexity index is 306. The highest BCUT2D eigenvalue weighted by Crippen LogP contribution is 2.12. The first-order valence-electron chi connectivity index (χ1n) is 5.95. The predicted octanol–water partition coefficient (Wildman–Crippen LogP) is -0.306. The van der Waals surface area contributed by atoms with Crippen LogP contribution in [0.3, 0.4) is 0 Å². The lowest BCUT2D eigenvalue weighted by atomic mass is 10.2. The maximum atomic E-state index is 11.7. The number of hydrogen-bond donors (Lipinski definition) is 2. The lowest BCUT2D eigenvalue weighted by Crippen LogP contribution is -2.35. The molecule has 0 radical (unpaired) electrons. The molecule has 2 saturated heterocycles. The highest BCUT2D eigenvalue weighted by atomic mass is 32.2. The van der Waals surface area contributed by atoms with Gasteiger partial charge in [0, 0.05) is 13.2 Å². The van der Waals surface area contributed by atoms with Crippen LogP contribution in [0, 0.1) is 5.92 Å². The summed E-state index contributed by atoms with van der Waals surface area (Å²) in [7, 11) is -3.12. The van der Waals surface area contributed by atoms with Gasteiger partial charge in [-0.15, -0.1) is 0 Å². The van der Waals surface area contributed by atoms with Crippen molar-refractivity contribution in [1.29, 1.82) is 0 Å². The summed E-state index contributed by atoms with van der Waals surface area (Å²) in [5.74, 6) is 0.509. The second kappa shape index (κ2) is 5.44. The van der Waals surface area contributed by atoms with Crippen LogP contribution in [0.4, 0.5) is 0 Å². The number of sulfonamides is 1. The molecule has 2 aliphatic heterocycles. The third-order valence-electron chi connectivity index (χ3n) is 3.17. The van der Waals surface area contributed by atoms with Crippen molar-refractivity contribution in [3.8, 4) is 0 Å². The van der Waals surface area contributed by atoms with E-state index in [9.17, 15) is 8.42 Å². The second-order valence-corrected chi connectivity index (χ2v) is 6.48. The molecule has 5 nitrogen and oxygen atoms in total. The molecule has 0 spiro atoms. The summed E-state index contributed by atoms with van der Waals surface area (Å²) >= 11 is 0. The normalized spacial score (nSPS) is 31.0. The third kappa shape index (κ3) is 3.69. The highest BCUT2D eigenvalue weighted by Gasteiger charge is 2.24. The van der Waals surface area contributed by atoms with Crippen molar-refractivity contribution in [2.75, 3.05) is 32.0 Å². The van der Waals surface area contributed by atoms with Crippen LogP contribution in [0.2, 0.25) is 0 Å². The summed E-state index contributed by atoms with van der Waals surface area (Å²) in [6.45, 7) is 2.95. The van der Waals surface area contributed by atoms with Gasteiger partial charge in [-0.2, -0.15) is 0 Å². The fourth-order valence-electron chi connectivity index (χ4n) is 2.25. The van der Waals surface area contributed by atoms with E-state index >= 15 is 0 Å². The molecule has 0 amide bonds. The van der Waals surface area contributed by atoms with Crippen molar-refractivity contribution in [3.05, 3.63) is 0 Å². The van der Waals surface area contributed by atoms with Crippen molar-refractivity contribution in [1.82, 2.24) is 10.0 Å². The van der Waals surface area contributed by atoms with Crippen LogP contribution in [0.15, 0.2) is 0 Å². The van der Waals surface area contributed by atoms with E-state index in [1.807, 2.05) is 0 Å². The van der Waals surface area contributed by atoms with E-state index in [1.165, 1.54) is 0 Å². The average Bonchev–Trinajstić information content (AvgIpc) is 2.85. The van der Waals surface area contributed by atoms with Gasteiger partial charge in [-0.3, -0.25) is 0 Å². The zero-order chi connectivity index (χ0) is 11.4. The van der Waals surface area contributed by atoms with Crippen molar-refractivity contribution in [2.45, 2.75) is 25.4 Å². The Morgan fingerprint density at radius 2 is 2.25 bits per heavy atom. The van der Waals surface area contributed by atoms with Gasteiger partial charge in [-0.05, 0) is 38.3 Å². The molecule has 0 bridgehead atoms. The summed E-state index contributed by atoms with van der Waals surface area (Å²) in [6.07, 6.45) is 3.05. The summed E-state index contributed by atoms with van der Waals surface area (Å²) in [5, 5.41) is 3.18. The van der Waals surface area contributed by atoms with Crippen LogP contribution in [0.5, 0.6) is 0 Å². The molecular weight excluding hydrogens is 228 g/mol. The SMILES string of the molecule is O=S(=O)(CC1CCNC1)NCC1CCCO1. The first-order valence-corrected chi connectivity index (χ1v) is 7.60. The fourth-order valence-corrected chi connectivity index (χ4v) is 3.71. The zero-order valence-electron chi connectivity index (χ0n) is 9.44. The molecule has 2 N–H and O–H groups in total. The van der Waals surface area contributed by atoms with E-state index in [4.69, 9.17) is 4.74 Å². The standard InChI is InChI=1S/C10H20N2O3S/c13-16(14,8-9-3-4-11-6-9)12-7-10-2-1-5-15-10/h9-12H,1-8H2. The average molecular weight is 248 g/mol. The van der Waals surface area contributed by atoms with Gasteiger partial charge >= 0.3 is 0 Å². The van der Waals surface area contributed by atoms with Crippen LogP contribution in [-0.4, -0.2) is 46.5 Å². The van der Waals surface area contributed by atoms with E-state index in [1.54, 1.807) is 0 Å². The summed E-state index contributed by atoms with van der Waals surface area (Å²) in [5.41, 5.74) is 0. The largest absolute Gasteiger partial charge is 0.377 e. The van der Waals surface area contributed by atoms with E-state index in [0.717, 1.165) is 39.0 Å². The van der Waals surface area contributed by atoms with Crippen LogP contribution in [0.25, 0.3) is 0 Å². The molecule has 2 fully saturated rings. The Kier molecular flexibility index (Phi) is 4.18. The minimum Gasteiger partial charge on any atom is -0.377 e. The van der Waals surface area contributed by atoms with Crippen LogP contribution >= 0.6 is 0 Å². The fraction of sp³-hybridized carbons (Fsp3) is 1.00. The summed E-state index contributed by atoms with van der Waals surface area (Å²) in [6, 6.07) is 0. The molecule has 0 aromatic rings. The number of nitrogens with one attached hydrogen (secondary N) is 2. The molecule has 94 valence electrons. The van der Waals surface area contributed by atoms with Gasteiger partial charge in [0.2, 0.25) is 10.0 Å². The lowest BCUT2D eigenvalue weighted by molar-refractivity contribution is 0.114. The monoisotopic (exact) mass is 248 g/mol. The number of ether oxygens (including phenoxy) is 1. The lowest BCUT2D eigenvalue weighted by Gasteiger charge is -2.13. The maximum Gasteiger partial charge on any atom is 0.212 e. The molecule has 6 heteroatoms. The van der Waals surface area contributed by atoms with Crippen LogP contribution in [-0.2, 0) is 14.8 Å². The molecule has 2 unspecified atom stereocenters. The van der Waals surface area contributed by atoms with E-state index < -0.39 is 10.0 Å². The van der Waals surface area contributed by atoms with Gasteiger partial charge in [0.25, 0.3) is 0 Å². The molecule has 2 atom stereocenters. The Morgan fingerprint density at radius 1 is 1.38 bits per heavy atom. The van der Waals surface area contributed by atoms with E-state index in [-0.39, 0.29) is 17.8 Å². The molecule has 0 aromatic heterocycles. The highest BCUT2D eigenvalue weighted by molar-refractivity contribution is 7.89. The Hall–Kier alpha value is -0.170. The van der Waals surface area contributed by atoms with E-state index in [2.05, 4.69) is 10.0 Å². The predicted molar refractivity (Wildman–Crippen MR) is 61.7 cm³/mol. The Morgan fingerprint density at radius 3 is 2.88 bits per heavy atom. The van der Waals surface area contributed by atoms with Crippen molar-refractivity contribution >= 4 is 10.0 Å². The second-order valence-electron chi connectivity index (χ2n) is 4.62. The van der Waals surface area contributed by atoms with Gasteiger partial charge in [0.05, 0.1) is 11.9 Å². The first kappa shape index (κ1) is 12.3. The summed E-state index contributed by atoms with van der Waals surface area (Å²) < 4.78 is 31.5. The molecular formula is C10H20N2O3S. The smallest absolute Gasteiger partial charge is 0.212 e. The minimum absolute atomic E-state index is 0.0801. The number of rotatable bonds is 5. The van der Waals surface area contributed by atoms with Crippen LogP contribution in [0.1, 0.15) is 19.3 Å². The van der Waals surface area contributed by atoms with Gasteiger partial charge < -0.3 is 10.1 Å². The molecule has 2 heterocycles. The van der Waals surface area contributed by atoms with Gasteiger partial charge in [-0.25, -0.2) is 13.1 Å². The first-order chi connectivity index (χ1) is 7.66. The third-order valence-corrected chi connectivity index (χ3v) is 4.69. The van der Waals surface area contributed by atoms with E-state index in [0.29, 0.717) is 6.54 Å². The quantitative estimate of drug-likeness (QED) is 0.700. The van der Waals surface area contributed by atoms with Crippen molar-refractivity contribution in [3.63, 3.8) is 0 Å². The van der Waals surface area contributed by atoms with Gasteiger partial charge in [-0.1, -0.05) is 0 Å². The zero-order valence-corrected chi connectivity index (χ0v) is 10.3. The molecule has 2 rings (SSSR count). The maximum absolute atomic E-state index is 11.7. The summed E-state index contributed by atoms with van der Waals surface area (Å²) in [4.78, 5) is 0. The topological polar surface area (TPSA) is 67.4 Å². The van der Waals surface area contributed by atoms with Crippen molar-refractivity contribution in [2.24, 2.45) is 5.92 Å². The Balaban J connectivity index is 1.73. The Labute approximate surface area is 97.0 Å².